The van der Waals surface area contributed by atoms with Crippen molar-refractivity contribution in [3.8, 4) is 5.75 Å². The van der Waals surface area contributed by atoms with Crippen LogP contribution in [0.4, 0.5) is 5.69 Å². The molecule has 0 spiro atoms. The van der Waals surface area contributed by atoms with E-state index in [1.54, 1.807) is 16.2 Å². The maximum atomic E-state index is 12.0. The molecule has 0 radical (unpaired) electrons. The van der Waals surface area contributed by atoms with E-state index in [-0.39, 0.29) is 24.8 Å². The average Bonchev–Trinajstić information content (AvgIpc) is 2.97. The molecule has 3 rings (SSSR count). The third-order valence-electron chi connectivity index (χ3n) is 3.63. The van der Waals surface area contributed by atoms with Crippen LogP contribution in [0.25, 0.3) is 0 Å². The lowest BCUT2D eigenvalue weighted by atomic mass is 10.2. The fourth-order valence-corrected chi connectivity index (χ4v) is 3.30. The van der Waals surface area contributed by atoms with Gasteiger partial charge < -0.3 is 15.0 Å². The first kappa shape index (κ1) is 15.6. The van der Waals surface area contributed by atoms with Crippen molar-refractivity contribution in [2.75, 3.05) is 18.1 Å². The van der Waals surface area contributed by atoms with Gasteiger partial charge in [0.15, 0.2) is 6.61 Å². The smallest absolute Gasteiger partial charge is 0.265 e. The Morgan fingerprint density at radius 2 is 2.13 bits per heavy atom. The summed E-state index contributed by atoms with van der Waals surface area (Å²) in [4.78, 5) is 28.0. The van der Waals surface area contributed by atoms with E-state index in [1.165, 1.54) is 4.88 Å². The second-order valence-electron chi connectivity index (χ2n) is 5.34. The molecule has 0 aliphatic carbocycles. The summed E-state index contributed by atoms with van der Waals surface area (Å²) in [5.41, 5.74) is 0.727. The highest BCUT2D eigenvalue weighted by Crippen LogP contribution is 2.31. The van der Waals surface area contributed by atoms with E-state index in [0.717, 1.165) is 10.6 Å². The molecule has 0 unspecified atom stereocenters. The van der Waals surface area contributed by atoms with Crippen LogP contribution in [0.15, 0.2) is 36.4 Å². The zero-order valence-electron chi connectivity index (χ0n) is 12.9. The lowest BCUT2D eigenvalue weighted by Gasteiger charge is -2.29. The van der Waals surface area contributed by atoms with E-state index in [0.29, 0.717) is 18.8 Å². The topological polar surface area (TPSA) is 58.6 Å². The largest absolute Gasteiger partial charge is 0.482 e. The average molecular weight is 330 g/mol. The number of para-hydroxylation sites is 2. The van der Waals surface area contributed by atoms with Crippen LogP contribution in [0.2, 0.25) is 0 Å². The van der Waals surface area contributed by atoms with Gasteiger partial charge in [-0.3, -0.25) is 9.59 Å². The molecular weight excluding hydrogens is 312 g/mol. The molecule has 2 amide bonds. The third kappa shape index (κ3) is 3.71. The van der Waals surface area contributed by atoms with Gasteiger partial charge in [-0.1, -0.05) is 12.1 Å². The Morgan fingerprint density at radius 3 is 2.91 bits per heavy atom. The van der Waals surface area contributed by atoms with Crippen molar-refractivity contribution in [3.63, 3.8) is 0 Å². The maximum Gasteiger partial charge on any atom is 0.265 e. The number of aryl methyl sites for hydroxylation is 1. The van der Waals surface area contributed by atoms with Gasteiger partial charge in [0, 0.05) is 22.7 Å². The number of thiophene rings is 1. The van der Waals surface area contributed by atoms with Crippen LogP contribution in [0, 0.1) is 6.92 Å². The second-order valence-corrected chi connectivity index (χ2v) is 6.71. The molecule has 5 nitrogen and oxygen atoms in total. The van der Waals surface area contributed by atoms with Crippen molar-refractivity contribution < 1.29 is 14.3 Å². The van der Waals surface area contributed by atoms with Crippen LogP contribution < -0.4 is 15.0 Å². The maximum absolute atomic E-state index is 12.0. The van der Waals surface area contributed by atoms with Gasteiger partial charge in [-0.15, -0.1) is 11.3 Å². The zero-order chi connectivity index (χ0) is 16.2. The lowest BCUT2D eigenvalue weighted by molar-refractivity contribution is -0.122. The third-order valence-corrected chi connectivity index (χ3v) is 4.63. The molecule has 1 aromatic carbocycles. The molecule has 1 N–H and O–H groups in total. The normalized spacial score (nSPS) is 13.4. The van der Waals surface area contributed by atoms with Gasteiger partial charge in [0.05, 0.1) is 12.2 Å². The van der Waals surface area contributed by atoms with Gasteiger partial charge in [0.25, 0.3) is 5.91 Å². The van der Waals surface area contributed by atoms with E-state index in [9.17, 15) is 9.59 Å². The first-order chi connectivity index (χ1) is 11.1. The number of hydrogen-bond acceptors (Lipinski definition) is 4. The van der Waals surface area contributed by atoms with Crippen molar-refractivity contribution in [3.05, 3.63) is 46.2 Å². The van der Waals surface area contributed by atoms with Crippen LogP contribution in [0.1, 0.15) is 16.2 Å². The van der Waals surface area contributed by atoms with Gasteiger partial charge >= 0.3 is 0 Å². The Kier molecular flexibility index (Phi) is 4.62. The molecule has 0 fully saturated rings. The van der Waals surface area contributed by atoms with Gasteiger partial charge in [0.1, 0.15) is 5.75 Å². The van der Waals surface area contributed by atoms with Crippen LogP contribution in [-0.4, -0.2) is 25.0 Å². The minimum Gasteiger partial charge on any atom is -0.482 e. The van der Waals surface area contributed by atoms with E-state index >= 15 is 0 Å². The van der Waals surface area contributed by atoms with E-state index < -0.39 is 0 Å². The number of amides is 2. The zero-order valence-corrected chi connectivity index (χ0v) is 13.7. The second kappa shape index (κ2) is 6.83. The molecule has 1 aliphatic heterocycles. The minimum atomic E-state index is -0.120. The van der Waals surface area contributed by atoms with Crippen LogP contribution >= 0.6 is 11.3 Å². The summed E-state index contributed by atoms with van der Waals surface area (Å²) >= 11 is 1.67. The molecule has 0 saturated carbocycles. The number of rotatable bonds is 5. The van der Waals surface area contributed by atoms with Crippen molar-refractivity contribution >= 4 is 28.8 Å². The highest BCUT2D eigenvalue weighted by molar-refractivity contribution is 7.11. The number of nitrogens with zero attached hydrogens (tertiary/aromatic N) is 1. The number of hydrogen-bond donors (Lipinski definition) is 1. The molecule has 23 heavy (non-hydrogen) atoms. The summed E-state index contributed by atoms with van der Waals surface area (Å²) in [6, 6.07) is 11.4. The highest BCUT2D eigenvalue weighted by atomic mass is 32.1. The van der Waals surface area contributed by atoms with Crippen molar-refractivity contribution in [2.45, 2.75) is 19.9 Å². The van der Waals surface area contributed by atoms with Crippen LogP contribution in [-0.2, 0) is 16.1 Å². The van der Waals surface area contributed by atoms with Crippen molar-refractivity contribution in [1.82, 2.24) is 5.32 Å². The van der Waals surface area contributed by atoms with E-state index in [2.05, 4.69) is 5.32 Å². The quantitative estimate of drug-likeness (QED) is 0.916. The molecule has 0 bridgehead atoms. The van der Waals surface area contributed by atoms with Crippen LogP contribution in [0.5, 0.6) is 5.75 Å². The number of ether oxygens (including phenoxy) is 1. The molecule has 2 heterocycles. The van der Waals surface area contributed by atoms with Crippen molar-refractivity contribution in [1.29, 1.82) is 0 Å². The summed E-state index contributed by atoms with van der Waals surface area (Å²) in [7, 11) is 0. The fourth-order valence-electron chi connectivity index (χ4n) is 2.47. The highest BCUT2D eigenvalue weighted by Gasteiger charge is 2.25. The Hall–Kier alpha value is -2.34. The monoisotopic (exact) mass is 330 g/mol. The lowest BCUT2D eigenvalue weighted by Crippen LogP contribution is -2.41. The van der Waals surface area contributed by atoms with Crippen LogP contribution in [0.3, 0.4) is 0 Å². The molecular formula is C17H18N2O3S. The number of anilines is 1. The predicted molar refractivity (Wildman–Crippen MR) is 89.8 cm³/mol. The Balaban J connectivity index is 1.55. The molecule has 1 aromatic heterocycles. The summed E-state index contributed by atoms with van der Waals surface area (Å²) in [6.07, 6.45) is 0.268. The number of fused-ring (bicyclic) bond motifs is 1. The molecule has 1 aliphatic rings. The standard InChI is InChI=1S/C17H18N2O3S/c1-12-6-7-13(23-12)10-18-16(20)8-9-19-14-4-2-3-5-15(14)22-11-17(19)21/h2-7H,8-11H2,1H3,(H,18,20). The SMILES string of the molecule is Cc1ccc(CNC(=O)CCN2C(=O)COc3ccccc32)s1. The number of nitrogens with one attached hydrogen (secondary N) is 1. The van der Waals surface area contributed by atoms with Gasteiger partial charge in [-0.05, 0) is 31.2 Å². The van der Waals surface area contributed by atoms with E-state index in [1.807, 2.05) is 43.3 Å². The number of benzene rings is 1. The summed E-state index contributed by atoms with van der Waals surface area (Å²) < 4.78 is 5.39. The van der Waals surface area contributed by atoms with Gasteiger partial charge in [0.2, 0.25) is 5.91 Å². The Bertz CT molecular complexity index is 726. The fraction of sp³-hybridized carbons (Fsp3) is 0.294. The predicted octanol–water partition coefficient (Wildman–Crippen LogP) is 2.49. The van der Waals surface area contributed by atoms with Gasteiger partial charge in [-0.25, -0.2) is 0 Å². The minimum absolute atomic E-state index is 0.0209. The Morgan fingerprint density at radius 1 is 1.30 bits per heavy atom. The molecule has 120 valence electrons. The molecule has 2 aromatic rings. The molecule has 6 heteroatoms. The first-order valence-electron chi connectivity index (χ1n) is 7.47. The van der Waals surface area contributed by atoms with Gasteiger partial charge in [-0.2, -0.15) is 0 Å². The van der Waals surface area contributed by atoms with Crippen molar-refractivity contribution in [2.24, 2.45) is 0 Å². The summed E-state index contributed by atoms with van der Waals surface area (Å²) in [5, 5.41) is 2.89. The van der Waals surface area contributed by atoms with E-state index in [4.69, 9.17) is 4.74 Å². The Labute approximate surface area is 138 Å². The first-order valence-corrected chi connectivity index (χ1v) is 8.29. The number of carbonyl (C=O) groups is 2. The summed E-state index contributed by atoms with van der Waals surface area (Å²) in [5.74, 6) is 0.500. The summed E-state index contributed by atoms with van der Waals surface area (Å²) in [6.45, 7) is 2.95. The number of carbonyl (C=O) groups excluding carboxylic acids is 2. The molecule has 0 atom stereocenters. The molecule has 0 saturated heterocycles.